The van der Waals surface area contributed by atoms with Crippen LogP contribution in [0.4, 0.5) is 0 Å². The smallest absolute Gasteiger partial charge is 0.272 e. The number of amides is 1. The molecule has 0 atom stereocenters. The Kier molecular flexibility index (Phi) is 3.54. The van der Waals surface area contributed by atoms with Crippen LogP contribution in [0.5, 0.6) is 0 Å². The number of nitrogens with zero attached hydrogens (tertiary/aromatic N) is 3. The van der Waals surface area contributed by atoms with Gasteiger partial charge in [0.2, 0.25) is 0 Å². The minimum Gasteiger partial charge on any atom is -0.360 e. The molecule has 1 saturated heterocycles. The third kappa shape index (κ3) is 2.59. The lowest BCUT2D eigenvalue weighted by molar-refractivity contribution is 0.0707. The Bertz CT molecular complexity index is 819. The molecule has 1 fully saturated rings. The number of pyridine rings is 2. The van der Waals surface area contributed by atoms with Gasteiger partial charge in [-0.05, 0) is 48.6 Å². The van der Waals surface area contributed by atoms with Gasteiger partial charge in [0.15, 0.2) is 0 Å². The molecule has 5 nitrogen and oxygen atoms in total. The summed E-state index contributed by atoms with van der Waals surface area (Å²) in [5.41, 5.74) is 3.93. The van der Waals surface area contributed by atoms with Gasteiger partial charge >= 0.3 is 0 Å². The molecule has 1 amide bonds. The van der Waals surface area contributed by atoms with Crippen LogP contribution in [0.2, 0.25) is 0 Å². The van der Waals surface area contributed by atoms with Gasteiger partial charge in [-0.15, -0.1) is 0 Å². The number of H-pyrrole nitrogens is 1. The molecule has 1 aliphatic heterocycles. The SMILES string of the molecule is O=C(c1ccccn1)N1CCC(c2c[nH]c3cccnc23)CC1. The molecule has 0 aliphatic carbocycles. The number of carbonyl (C=O) groups excluding carboxylic acids is 1. The van der Waals surface area contributed by atoms with Crippen molar-refractivity contribution in [2.45, 2.75) is 18.8 Å². The van der Waals surface area contributed by atoms with Crippen molar-refractivity contribution in [3.05, 3.63) is 60.2 Å². The van der Waals surface area contributed by atoms with Crippen molar-refractivity contribution in [3.63, 3.8) is 0 Å². The number of nitrogens with one attached hydrogen (secondary N) is 1. The van der Waals surface area contributed by atoms with Crippen molar-refractivity contribution >= 4 is 16.9 Å². The van der Waals surface area contributed by atoms with Crippen molar-refractivity contribution in [3.8, 4) is 0 Å². The molecule has 4 rings (SSSR count). The van der Waals surface area contributed by atoms with E-state index in [-0.39, 0.29) is 5.91 Å². The summed E-state index contributed by atoms with van der Waals surface area (Å²) in [6.45, 7) is 1.53. The minimum atomic E-state index is 0.0288. The molecule has 3 aromatic rings. The molecule has 1 aliphatic rings. The molecule has 4 heterocycles. The third-order valence-corrected chi connectivity index (χ3v) is 4.57. The highest BCUT2D eigenvalue weighted by Crippen LogP contribution is 2.32. The van der Waals surface area contributed by atoms with E-state index < -0.39 is 0 Å². The molecule has 23 heavy (non-hydrogen) atoms. The Morgan fingerprint density at radius 2 is 1.91 bits per heavy atom. The number of hydrogen-bond acceptors (Lipinski definition) is 3. The van der Waals surface area contributed by atoms with Crippen molar-refractivity contribution in [2.24, 2.45) is 0 Å². The number of aromatic amines is 1. The van der Waals surface area contributed by atoms with Crippen molar-refractivity contribution in [1.29, 1.82) is 0 Å². The lowest BCUT2D eigenvalue weighted by Crippen LogP contribution is -2.38. The Labute approximate surface area is 134 Å². The van der Waals surface area contributed by atoms with E-state index in [1.165, 1.54) is 5.56 Å². The quantitative estimate of drug-likeness (QED) is 0.791. The van der Waals surface area contributed by atoms with Crippen LogP contribution in [-0.4, -0.2) is 38.8 Å². The zero-order valence-corrected chi connectivity index (χ0v) is 12.8. The first-order valence-electron chi connectivity index (χ1n) is 7.95. The van der Waals surface area contributed by atoms with E-state index in [0.29, 0.717) is 11.6 Å². The molecule has 0 radical (unpaired) electrons. The first-order valence-corrected chi connectivity index (χ1v) is 7.95. The Morgan fingerprint density at radius 3 is 2.70 bits per heavy atom. The van der Waals surface area contributed by atoms with Crippen LogP contribution in [0.15, 0.2) is 48.9 Å². The second kappa shape index (κ2) is 5.83. The predicted octanol–water partition coefficient (Wildman–Crippen LogP) is 2.98. The Balaban J connectivity index is 1.48. The summed E-state index contributed by atoms with van der Waals surface area (Å²) in [4.78, 5) is 26.3. The lowest BCUT2D eigenvalue weighted by Gasteiger charge is -2.31. The fraction of sp³-hybridized carbons (Fsp3) is 0.278. The van der Waals surface area contributed by atoms with Crippen molar-refractivity contribution < 1.29 is 4.79 Å². The van der Waals surface area contributed by atoms with Gasteiger partial charge in [0.1, 0.15) is 5.69 Å². The maximum Gasteiger partial charge on any atom is 0.272 e. The summed E-state index contributed by atoms with van der Waals surface area (Å²) in [6.07, 6.45) is 7.49. The molecule has 1 N–H and O–H groups in total. The van der Waals surface area contributed by atoms with Crippen molar-refractivity contribution in [2.75, 3.05) is 13.1 Å². The van der Waals surface area contributed by atoms with Crippen LogP contribution in [0.1, 0.15) is 34.8 Å². The zero-order valence-electron chi connectivity index (χ0n) is 12.8. The first-order chi connectivity index (χ1) is 11.3. The molecule has 0 aromatic carbocycles. The van der Waals surface area contributed by atoms with E-state index in [2.05, 4.69) is 21.1 Å². The van der Waals surface area contributed by atoms with Crippen LogP contribution in [0, 0.1) is 0 Å². The number of carbonyl (C=O) groups is 1. The van der Waals surface area contributed by atoms with E-state index in [0.717, 1.165) is 37.0 Å². The summed E-state index contributed by atoms with van der Waals surface area (Å²) in [5, 5.41) is 0. The van der Waals surface area contributed by atoms with Crippen LogP contribution >= 0.6 is 0 Å². The van der Waals surface area contributed by atoms with Gasteiger partial charge in [-0.1, -0.05) is 6.07 Å². The minimum absolute atomic E-state index is 0.0288. The largest absolute Gasteiger partial charge is 0.360 e. The summed E-state index contributed by atoms with van der Waals surface area (Å²) in [6, 6.07) is 9.44. The van der Waals surface area contributed by atoms with Gasteiger partial charge in [0, 0.05) is 31.7 Å². The number of aromatic nitrogens is 3. The van der Waals surface area contributed by atoms with Gasteiger partial charge in [-0.25, -0.2) is 0 Å². The van der Waals surface area contributed by atoms with Crippen LogP contribution in [0.3, 0.4) is 0 Å². The Morgan fingerprint density at radius 1 is 1.09 bits per heavy atom. The molecular weight excluding hydrogens is 288 g/mol. The molecule has 5 heteroatoms. The highest BCUT2D eigenvalue weighted by Gasteiger charge is 2.26. The monoisotopic (exact) mass is 306 g/mol. The maximum atomic E-state index is 12.5. The highest BCUT2D eigenvalue weighted by atomic mass is 16.2. The number of piperidine rings is 1. The van der Waals surface area contributed by atoms with E-state index in [1.807, 2.05) is 35.4 Å². The highest BCUT2D eigenvalue weighted by molar-refractivity contribution is 5.92. The second-order valence-electron chi connectivity index (χ2n) is 5.93. The standard InChI is InChI=1S/C18H18N4O/c23-18(16-4-1-2-8-19-16)22-10-6-13(7-11-22)14-12-21-15-5-3-9-20-17(14)15/h1-5,8-9,12-13,21H,6-7,10-11H2. The molecule has 116 valence electrons. The number of likely N-dealkylation sites (tertiary alicyclic amines) is 1. The van der Waals surface area contributed by atoms with Crippen molar-refractivity contribution in [1.82, 2.24) is 19.9 Å². The van der Waals surface area contributed by atoms with Gasteiger partial charge < -0.3 is 9.88 Å². The average Bonchev–Trinajstić information content (AvgIpc) is 3.06. The molecule has 3 aromatic heterocycles. The van der Waals surface area contributed by atoms with E-state index in [4.69, 9.17) is 0 Å². The van der Waals surface area contributed by atoms with Gasteiger partial charge in [0.05, 0.1) is 11.0 Å². The van der Waals surface area contributed by atoms with Crippen LogP contribution < -0.4 is 0 Å². The van der Waals surface area contributed by atoms with Crippen LogP contribution in [0.25, 0.3) is 11.0 Å². The number of rotatable bonds is 2. The fourth-order valence-corrected chi connectivity index (χ4v) is 3.33. The fourth-order valence-electron chi connectivity index (χ4n) is 3.33. The summed E-state index contributed by atoms with van der Waals surface area (Å²) < 4.78 is 0. The maximum absolute atomic E-state index is 12.5. The number of hydrogen-bond donors (Lipinski definition) is 1. The zero-order chi connectivity index (χ0) is 15.6. The predicted molar refractivity (Wildman–Crippen MR) is 88.2 cm³/mol. The van der Waals surface area contributed by atoms with E-state index >= 15 is 0 Å². The molecular formula is C18H18N4O. The van der Waals surface area contributed by atoms with E-state index in [9.17, 15) is 4.79 Å². The van der Waals surface area contributed by atoms with Crippen LogP contribution in [-0.2, 0) is 0 Å². The number of fused-ring (bicyclic) bond motifs is 1. The Hall–Kier alpha value is -2.69. The topological polar surface area (TPSA) is 61.9 Å². The normalized spacial score (nSPS) is 15.9. The second-order valence-corrected chi connectivity index (χ2v) is 5.93. The third-order valence-electron chi connectivity index (χ3n) is 4.57. The summed E-state index contributed by atoms with van der Waals surface area (Å²) >= 11 is 0. The molecule has 0 unspecified atom stereocenters. The van der Waals surface area contributed by atoms with E-state index in [1.54, 1.807) is 12.3 Å². The van der Waals surface area contributed by atoms with Gasteiger partial charge in [-0.3, -0.25) is 14.8 Å². The average molecular weight is 306 g/mol. The van der Waals surface area contributed by atoms with Gasteiger partial charge in [0.25, 0.3) is 5.91 Å². The molecule has 0 saturated carbocycles. The summed E-state index contributed by atoms with van der Waals surface area (Å²) in [7, 11) is 0. The summed E-state index contributed by atoms with van der Waals surface area (Å²) in [5.74, 6) is 0.479. The first kappa shape index (κ1) is 13.9. The lowest BCUT2D eigenvalue weighted by atomic mass is 9.90. The molecule has 0 bridgehead atoms. The molecule has 0 spiro atoms. The van der Waals surface area contributed by atoms with Gasteiger partial charge in [-0.2, -0.15) is 0 Å².